The van der Waals surface area contributed by atoms with Gasteiger partial charge in [-0.1, -0.05) is 45.4 Å². The number of carbonyl (C=O) groups excluding carboxylic acids is 1. The summed E-state index contributed by atoms with van der Waals surface area (Å²) in [6, 6.07) is 0. The van der Waals surface area contributed by atoms with Gasteiger partial charge in [-0.15, -0.1) is 0 Å². The number of carbonyl (C=O) groups is 1. The molecule has 1 amide bonds. The first kappa shape index (κ1) is 13.9. The monoisotopic (exact) mass is 253 g/mol. The summed E-state index contributed by atoms with van der Waals surface area (Å²) in [5.41, 5.74) is -0.831. The second-order valence-electron chi connectivity index (χ2n) is 6.59. The third-order valence-corrected chi connectivity index (χ3v) is 4.87. The number of hydrogen-bond donors (Lipinski definition) is 2. The summed E-state index contributed by atoms with van der Waals surface area (Å²) in [5, 5.41) is 13.3. The van der Waals surface area contributed by atoms with Crippen LogP contribution in [0.15, 0.2) is 0 Å². The molecule has 2 aliphatic rings. The molecule has 0 radical (unpaired) electrons. The molecule has 0 aromatic carbocycles. The van der Waals surface area contributed by atoms with Crippen molar-refractivity contribution in [1.82, 2.24) is 5.32 Å². The van der Waals surface area contributed by atoms with Gasteiger partial charge in [-0.3, -0.25) is 4.79 Å². The second-order valence-corrected chi connectivity index (χ2v) is 6.59. The van der Waals surface area contributed by atoms with E-state index in [1.165, 1.54) is 12.8 Å². The van der Waals surface area contributed by atoms with Crippen LogP contribution in [0.25, 0.3) is 0 Å². The molecule has 3 heteroatoms. The van der Waals surface area contributed by atoms with E-state index in [1.807, 2.05) is 0 Å². The highest BCUT2D eigenvalue weighted by atomic mass is 16.3. The molecule has 0 heterocycles. The lowest BCUT2D eigenvalue weighted by Crippen LogP contribution is -2.46. The Bertz CT molecular complexity index is 287. The van der Waals surface area contributed by atoms with E-state index in [9.17, 15) is 9.90 Å². The van der Waals surface area contributed by atoms with E-state index < -0.39 is 5.60 Å². The van der Waals surface area contributed by atoms with Crippen molar-refractivity contribution in [3.05, 3.63) is 0 Å². The molecule has 2 aliphatic carbocycles. The van der Waals surface area contributed by atoms with Crippen molar-refractivity contribution in [2.75, 3.05) is 6.54 Å². The van der Waals surface area contributed by atoms with Crippen molar-refractivity contribution < 1.29 is 9.90 Å². The topological polar surface area (TPSA) is 49.3 Å². The summed E-state index contributed by atoms with van der Waals surface area (Å²) < 4.78 is 0. The van der Waals surface area contributed by atoms with Crippen molar-refractivity contribution in [2.24, 2.45) is 5.41 Å². The van der Waals surface area contributed by atoms with E-state index in [1.54, 1.807) is 0 Å². The van der Waals surface area contributed by atoms with E-state index in [4.69, 9.17) is 0 Å². The van der Waals surface area contributed by atoms with Crippen molar-refractivity contribution in [2.45, 2.75) is 76.7 Å². The van der Waals surface area contributed by atoms with Gasteiger partial charge in [0.05, 0.1) is 5.60 Å². The molecule has 0 aliphatic heterocycles. The Morgan fingerprint density at radius 2 is 1.50 bits per heavy atom. The van der Waals surface area contributed by atoms with Crippen LogP contribution < -0.4 is 5.32 Å². The van der Waals surface area contributed by atoms with Gasteiger partial charge in [-0.05, 0) is 25.7 Å². The van der Waals surface area contributed by atoms with Crippen LogP contribution in [0.4, 0.5) is 0 Å². The largest absolute Gasteiger partial charge is 0.388 e. The summed E-state index contributed by atoms with van der Waals surface area (Å²) in [4.78, 5) is 12.3. The third kappa shape index (κ3) is 3.25. The summed E-state index contributed by atoms with van der Waals surface area (Å²) in [5.74, 6) is 0.157. The molecule has 0 unspecified atom stereocenters. The van der Waals surface area contributed by atoms with Gasteiger partial charge in [0.25, 0.3) is 0 Å². The molecule has 104 valence electrons. The SMILES string of the molecule is CC1(C(=O)NCC2(O)CCCC2)CCCCCC1. The number of rotatable bonds is 3. The maximum atomic E-state index is 12.3. The van der Waals surface area contributed by atoms with Crippen LogP contribution >= 0.6 is 0 Å². The zero-order chi connectivity index (χ0) is 13.1. The Labute approximate surface area is 110 Å². The summed E-state index contributed by atoms with van der Waals surface area (Å²) in [6.07, 6.45) is 10.7. The Hall–Kier alpha value is -0.570. The molecular formula is C15H27NO2. The van der Waals surface area contributed by atoms with Crippen LogP contribution in [0, 0.1) is 5.41 Å². The molecule has 2 N–H and O–H groups in total. The average Bonchev–Trinajstić information content (AvgIpc) is 2.65. The molecular weight excluding hydrogens is 226 g/mol. The molecule has 0 aromatic heterocycles. The molecule has 2 fully saturated rings. The first-order valence-electron chi connectivity index (χ1n) is 7.55. The number of hydrogen-bond acceptors (Lipinski definition) is 2. The molecule has 0 bridgehead atoms. The van der Waals surface area contributed by atoms with Crippen molar-refractivity contribution in [1.29, 1.82) is 0 Å². The minimum atomic E-state index is -0.628. The van der Waals surface area contributed by atoms with Crippen molar-refractivity contribution in [3.63, 3.8) is 0 Å². The Kier molecular flexibility index (Phi) is 4.31. The first-order chi connectivity index (χ1) is 8.54. The standard InChI is InChI=1S/C15H27NO2/c1-14(8-4-2-3-5-9-14)13(17)16-12-15(18)10-6-7-11-15/h18H,2-12H2,1H3,(H,16,17). The smallest absolute Gasteiger partial charge is 0.226 e. The fourth-order valence-electron chi connectivity index (χ4n) is 3.40. The lowest BCUT2D eigenvalue weighted by Gasteiger charge is -2.29. The van der Waals surface area contributed by atoms with Crippen LogP contribution in [0.3, 0.4) is 0 Å². The molecule has 18 heavy (non-hydrogen) atoms. The number of nitrogens with one attached hydrogen (secondary N) is 1. The molecule has 2 rings (SSSR count). The predicted molar refractivity (Wildman–Crippen MR) is 72.2 cm³/mol. The Morgan fingerprint density at radius 1 is 1.00 bits per heavy atom. The zero-order valence-electron chi connectivity index (χ0n) is 11.6. The molecule has 3 nitrogen and oxygen atoms in total. The van der Waals surface area contributed by atoms with Crippen LogP contribution in [0.5, 0.6) is 0 Å². The lowest BCUT2D eigenvalue weighted by molar-refractivity contribution is -0.132. The maximum absolute atomic E-state index is 12.3. The highest BCUT2D eigenvalue weighted by Gasteiger charge is 2.36. The molecule has 0 aromatic rings. The lowest BCUT2D eigenvalue weighted by atomic mass is 9.81. The minimum absolute atomic E-state index is 0.157. The fraction of sp³-hybridized carbons (Fsp3) is 0.933. The van der Waals surface area contributed by atoms with Crippen LogP contribution in [0.2, 0.25) is 0 Å². The van der Waals surface area contributed by atoms with E-state index >= 15 is 0 Å². The first-order valence-corrected chi connectivity index (χ1v) is 7.55. The average molecular weight is 253 g/mol. The normalized spacial score (nSPS) is 26.6. The van der Waals surface area contributed by atoms with Crippen LogP contribution in [-0.4, -0.2) is 23.2 Å². The second kappa shape index (κ2) is 5.60. The van der Waals surface area contributed by atoms with Crippen molar-refractivity contribution in [3.8, 4) is 0 Å². The quantitative estimate of drug-likeness (QED) is 0.760. The summed E-state index contributed by atoms with van der Waals surface area (Å²) in [6.45, 7) is 2.54. The number of amides is 1. The third-order valence-electron chi connectivity index (χ3n) is 4.87. The van der Waals surface area contributed by atoms with E-state index in [0.29, 0.717) is 6.54 Å². The molecule has 0 spiro atoms. The highest BCUT2D eigenvalue weighted by Crippen LogP contribution is 2.35. The van der Waals surface area contributed by atoms with Gasteiger partial charge in [0.15, 0.2) is 0 Å². The van der Waals surface area contributed by atoms with Gasteiger partial charge >= 0.3 is 0 Å². The van der Waals surface area contributed by atoms with E-state index in [2.05, 4.69) is 12.2 Å². The van der Waals surface area contributed by atoms with Gasteiger partial charge in [0.2, 0.25) is 5.91 Å². The van der Waals surface area contributed by atoms with Crippen LogP contribution in [-0.2, 0) is 4.79 Å². The zero-order valence-corrected chi connectivity index (χ0v) is 11.6. The Balaban J connectivity index is 1.86. The van der Waals surface area contributed by atoms with Gasteiger partial charge < -0.3 is 10.4 Å². The minimum Gasteiger partial charge on any atom is -0.388 e. The molecule has 0 saturated heterocycles. The maximum Gasteiger partial charge on any atom is 0.226 e. The van der Waals surface area contributed by atoms with Crippen molar-refractivity contribution >= 4 is 5.91 Å². The summed E-state index contributed by atoms with van der Waals surface area (Å²) >= 11 is 0. The summed E-state index contributed by atoms with van der Waals surface area (Å²) in [7, 11) is 0. The van der Waals surface area contributed by atoms with Gasteiger partial charge in [0.1, 0.15) is 0 Å². The molecule has 2 saturated carbocycles. The fourth-order valence-corrected chi connectivity index (χ4v) is 3.40. The van der Waals surface area contributed by atoms with E-state index in [0.717, 1.165) is 51.4 Å². The van der Waals surface area contributed by atoms with Gasteiger partial charge in [-0.25, -0.2) is 0 Å². The van der Waals surface area contributed by atoms with Gasteiger partial charge in [0, 0.05) is 12.0 Å². The van der Waals surface area contributed by atoms with Gasteiger partial charge in [-0.2, -0.15) is 0 Å². The van der Waals surface area contributed by atoms with E-state index in [-0.39, 0.29) is 11.3 Å². The predicted octanol–water partition coefficient (Wildman–Crippen LogP) is 2.77. The number of aliphatic hydroxyl groups is 1. The molecule has 0 atom stereocenters. The Morgan fingerprint density at radius 3 is 2.06 bits per heavy atom. The highest BCUT2D eigenvalue weighted by molar-refractivity contribution is 5.82. The van der Waals surface area contributed by atoms with Crippen LogP contribution in [0.1, 0.15) is 71.1 Å².